The third-order valence-corrected chi connectivity index (χ3v) is 5.80. The number of anilines is 2. The van der Waals surface area contributed by atoms with Crippen LogP contribution in [-0.4, -0.2) is 36.1 Å². The summed E-state index contributed by atoms with van der Waals surface area (Å²) in [5.74, 6) is 0.0400. The molecule has 2 aliphatic heterocycles. The van der Waals surface area contributed by atoms with Gasteiger partial charge in [0.05, 0.1) is 11.9 Å². The van der Waals surface area contributed by atoms with Crippen molar-refractivity contribution >= 4 is 22.9 Å². The van der Waals surface area contributed by atoms with Crippen LogP contribution in [0.5, 0.6) is 0 Å². The third-order valence-electron chi connectivity index (χ3n) is 5.80. The second-order valence-electron chi connectivity index (χ2n) is 8.15. The zero-order chi connectivity index (χ0) is 19.1. The Morgan fingerprint density at radius 2 is 1.96 bits per heavy atom. The highest BCUT2D eigenvalue weighted by molar-refractivity contribution is 6.22. The van der Waals surface area contributed by atoms with E-state index in [0.717, 1.165) is 53.9 Å². The number of nitrogens with zero attached hydrogens (tertiary/aromatic N) is 2. The van der Waals surface area contributed by atoms with Gasteiger partial charge in [-0.05, 0) is 62.4 Å². The summed E-state index contributed by atoms with van der Waals surface area (Å²) in [4.78, 5) is 19.7. The van der Waals surface area contributed by atoms with Crippen LogP contribution in [0, 0.1) is 0 Å². The molecule has 1 aromatic heterocycles. The lowest BCUT2D eigenvalue weighted by atomic mass is 9.93. The van der Waals surface area contributed by atoms with Gasteiger partial charge in [-0.1, -0.05) is 6.07 Å². The molecule has 0 bridgehead atoms. The van der Waals surface area contributed by atoms with Gasteiger partial charge in [0, 0.05) is 53.8 Å². The van der Waals surface area contributed by atoms with Gasteiger partial charge >= 0.3 is 0 Å². The van der Waals surface area contributed by atoms with E-state index in [9.17, 15) is 4.79 Å². The minimum atomic E-state index is 0.0400. The van der Waals surface area contributed by atoms with Crippen molar-refractivity contribution in [2.45, 2.75) is 44.7 Å². The van der Waals surface area contributed by atoms with Gasteiger partial charge in [-0.15, -0.1) is 0 Å². The molecule has 144 valence electrons. The Labute approximate surface area is 165 Å². The smallest absolute Gasteiger partial charge is 0.251 e. The second-order valence-corrected chi connectivity index (χ2v) is 8.15. The van der Waals surface area contributed by atoms with Crippen LogP contribution in [0.3, 0.4) is 0 Å². The molecule has 2 fully saturated rings. The van der Waals surface area contributed by atoms with E-state index in [1.165, 1.54) is 18.5 Å². The molecule has 5 nitrogen and oxygen atoms in total. The maximum Gasteiger partial charge on any atom is 0.251 e. The number of amides is 1. The Bertz CT molecular complexity index is 941. The first-order chi connectivity index (χ1) is 13.7. The van der Waals surface area contributed by atoms with Gasteiger partial charge in [0.1, 0.15) is 0 Å². The van der Waals surface area contributed by atoms with Crippen LogP contribution in [0.1, 0.15) is 38.2 Å². The Hall–Kier alpha value is -2.82. The van der Waals surface area contributed by atoms with Gasteiger partial charge in [-0.25, -0.2) is 0 Å². The van der Waals surface area contributed by atoms with Gasteiger partial charge in [0.15, 0.2) is 0 Å². The van der Waals surface area contributed by atoms with E-state index in [-0.39, 0.29) is 11.9 Å². The highest BCUT2D eigenvalue weighted by Gasteiger charge is 2.28. The first-order valence-electron chi connectivity index (χ1n) is 10.3. The SMILES string of the molecule is CC1C=C(C(=O)NC2CC2)c2cc(-c3cncc(N4CCCC4)c3)ccc2N1. The average molecular weight is 374 g/mol. The summed E-state index contributed by atoms with van der Waals surface area (Å²) in [5, 5.41) is 6.60. The molecule has 2 N–H and O–H groups in total. The Kier molecular flexibility index (Phi) is 4.30. The summed E-state index contributed by atoms with van der Waals surface area (Å²) >= 11 is 0. The zero-order valence-corrected chi connectivity index (χ0v) is 16.2. The molecule has 1 aromatic carbocycles. The Morgan fingerprint density at radius 1 is 1.14 bits per heavy atom. The van der Waals surface area contributed by atoms with E-state index in [1.54, 1.807) is 0 Å². The van der Waals surface area contributed by atoms with Crippen molar-refractivity contribution in [1.29, 1.82) is 0 Å². The number of rotatable bonds is 4. The van der Waals surface area contributed by atoms with Crippen molar-refractivity contribution in [1.82, 2.24) is 10.3 Å². The molecule has 5 heteroatoms. The van der Waals surface area contributed by atoms with Gasteiger partial charge in [-0.2, -0.15) is 0 Å². The van der Waals surface area contributed by atoms with E-state index >= 15 is 0 Å². The van der Waals surface area contributed by atoms with Crippen LogP contribution in [0.2, 0.25) is 0 Å². The summed E-state index contributed by atoms with van der Waals surface area (Å²) in [6.07, 6.45) is 10.6. The number of carbonyl (C=O) groups is 1. The monoisotopic (exact) mass is 374 g/mol. The Morgan fingerprint density at radius 3 is 2.75 bits per heavy atom. The lowest BCUT2D eigenvalue weighted by molar-refractivity contribution is -0.115. The first kappa shape index (κ1) is 17.3. The van der Waals surface area contributed by atoms with Crippen LogP contribution >= 0.6 is 0 Å². The molecule has 1 saturated carbocycles. The molecule has 3 aliphatic rings. The molecule has 0 radical (unpaired) electrons. The highest BCUT2D eigenvalue weighted by Crippen LogP contribution is 2.35. The molecule has 1 atom stereocenters. The van der Waals surface area contributed by atoms with E-state index in [4.69, 9.17) is 0 Å². The van der Waals surface area contributed by atoms with Gasteiger partial charge in [0.25, 0.3) is 5.91 Å². The molecule has 1 amide bonds. The number of nitrogens with one attached hydrogen (secondary N) is 2. The van der Waals surface area contributed by atoms with Gasteiger partial charge in [-0.3, -0.25) is 9.78 Å². The van der Waals surface area contributed by atoms with Crippen molar-refractivity contribution in [3.05, 3.63) is 48.3 Å². The zero-order valence-electron chi connectivity index (χ0n) is 16.2. The van der Waals surface area contributed by atoms with E-state index in [1.807, 2.05) is 18.5 Å². The minimum Gasteiger partial charge on any atom is -0.379 e. The lowest BCUT2D eigenvalue weighted by Gasteiger charge is -2.24. The van der Waals surface area contributed by atoms with E-state index < -0.39 is 0 Å². The largest absolute Gasteiger partial charge is 0.379 e. The van der Waals surface area contributed by atoms with Crippen LogP contribution < -0.4 is 15.5 Å². The molecule has 0 spiro atoms. The van der Waals surface area contributed by atoms with E-state index in [2.05, 4.69) is 51.7 Å². The molecule has 2 aromatic rings. The lowest BCUT2D eigenvalue weighted by Crippen LogP contribution is -2.30. The number of carbonyl (C=O) groups excluding carboxylic acids is 1. The fraction of sp³-hybridized carbons (Fsp3) is 0.391. The molecular formula is C23H26N4O. The molecule has 1 unspecified atom stereocenters. The maximum absolute atomic E-state index is 12.8. The number of aromatic nitrogens is 1. The predicted octanol–water partition coefficient (Wildman–Crippen LogP) is 3.82. The fourth-order valence-corrected chi connectivity index (χ4v) is 4.12. The standard InChI is InChI=1S/C23H26N4O/c1-15-10-21(23(28)26-18-5-6-18)20-12-16(4-7-22(20)25-15)17-11-19(14-24-13-17)27-8-2-3-9-27/h4,7,10-15,18,25H,2-3,5-6,8-9H2,1H3,(H,26,28). The van der Waals surface area contributed by atoms with Crippen molar-refractivity contribution in [2.24, 2.45) is 0 Å². The summed E-state index contributed by atoms with van der Waals surface area (Å²) in [6.45, 7) is 4.28. The molecule has 1 saturated heterocycles. The maximum atomic E-state index is 12.8. The highest BCUT2D eigenvalue weighted by atomic mass is 16.1. The Balaban J connectivity index is 1.49. The van der Waals surface area contributed by atoms with Crippen LogP contribution in [0.25, 0.3) is 16.7 Å². The molecule has 1 aliphatic carbocycles. The second kappa shape index (κ2) is 6.97. The fourth-order valence-electron chi connectivity index (χ4n) is 4.12. The van der Waals surface area contributed by atoms with Crippen LogP contribution in [0.4, 0.5) is 11.4 Å². The van der Waals surface area contributed by atoms with Crippen molar-refractivity contribution in [3.63, 3.8) is 0 Å². The first-order valence-corrected chi connectivity index (χ1v) is 10.3. The van der Waals surface area contributed by atoms with Gasteiger partial charge < -0.3 is 15.5 Å². The summed E-state index contributed by atoms with van der Waals surface area (Å²) in [7, 11) is 0. The quantitative estimate of drug-likeness (QED) is 0.854. The van der Waals surface area contributed by atoms with Gasteiger partial charge in [0.2, 0.25) is 0 Å². The summed E-state index contributed by atoms with van der Waals surface area (Å²) in [5.41, 5.74) is 6.13. The third kappa shape index (κ3) is 3.37. The molecule has 28 heavy (non-hydrogen) atoms. The number of benzene rings is 1. The number of pyridine rings is 1. The predicted molar refractivity (Wildman–Crippen MR) is 113 cm³/mol. The molecule has 5 rings (SSSR count). The summed E-state index contributed by atoms with van der Waals surface area (Å²) < 4.78 is 0. The average Bonchev–Trinajstić information content (AvgIpc) is 3.35. The number of hydrogen-bond donors (Lipinski definition) is 2. The molecular weight excluding hydrogens is 348 g/mol. The summed E-state index contributed by atoms with van der Waals surface area (Å²) in [6, 6.07) is 9.03. The molecule has 3 heterocycles. The number of fused-ring (bicyclic) bond motifs is 1. The van der Waals surface area contributed by atoms with Crippen LogP contribution in [0.15, 0.2) is 42.7 Å². The minimum absolute atomic E-state index is 0.0400. The normalized spacial score (nSPS) is 21.0. The van der Waals surface area contributed by atoms with Crippen molar-refractivity contribution in [3.8, 4) is 11.1 Å². The van der Waals surface area contributed by atoms with Crippen molar-refractivity contribution < 1.29 is 4.79 Å². The topological polar surface area (TPSA) is 57.3 Å². The van der Waals surface area contributed by atoms with E-state index in [0.29, 0.717) is 6.04 Å². The number of hydrogen-bond acceptors (Lipinski definition) is 4. The van der Waals surface area contributed by atoms with Crippen molar-refractivity contribution in [2.75, 3.05) is 23.3 Å². The van der Waals surface area contributed by atoms with Crippen LogP contribution in [-0.2, 0) is 4.79 Å².